The number of rotatable bonds is 1. The van der Waals surface area contributed by atoms with E-state index in [1.807, 2.05) is 10.5 Å². The second-order valence-electron chi connectivity index (χ2n) is 2.38. The highest BCUT2D eigenvalue weighted by atomic mass is 127. The van der Waals surface area contributed by atoms with Crippen LogP contribution in [0.15, 0.2) is 24.4 Å². The lowest BCUT2D eigenvalue weighted by Gasteiger charge is -1.96. The Hall–Kier alpha value is -0.350. The standard InChI is InChI=1S/C7H6IN2OP/c8-12-10-7-2-1-6(11)3-5(7)4-9-10/h1-4,11-12H. The maximum atomic E-state index is 9.18. The number of phenolic OH excluding ortho intramolecular Hbond substituents is 1. The molecule has 2 aromatic rings. The monoisotopic (exact) mass is 292 g/mol. The van der Waals surface area contributed by atoms with Crippen LogP contribution in [0.25, 0.3) is 10.9 Å². The molecule has 0 aliphatic heterocycles. The fraction of sp³-hybridized carbons (Fsp3) is 0. The van der Waals surface area contributed by atoms with E-state index in [-0.39, 0.29) is 0 Å². The van der Waals surface area contributed by atoms with E-state index >= 15 is 0 Å². The molecule has 5 heteroatoms. The largest absolute Gasteiger partial charge is 0.508 e. The van der Waals surface area contributed by atoms with Crippen molar-refractivity contribution in [3.05, 3.63) is 24.4 Å². The highest BCUT2D eigenvalue weighted by Crippen LogP contribution is 2.29. The summed E-state index contributed by atoms with van der Waals surface area (Å²) < 4.78 is 1.91. The van der Waals surface area contributed by atoms with E-state index in [2.05, 4.69) is 27.1 Å². The summed E-state index contributed by atoms with van der Waals surface area (Å²) in [5.74, 6) is 0.291. The zero-order valence-electron chi connectivity index (χ0n) is 6.03. The first kappa shape index (κ1) is 8.26. The lowest BCUT2D eigenvalue weighted by atomic mass is 10.2. The first-order valence-electron chi connectivity index (χ1n) is 3.34. The van der Waals surface area contributed by atoms with Gasteiger partial charge in [0.15, 0.2) is 0 Å². The predicted molar refractivity (Wildman–Crippen MR) is 59.1 cm³/mol. The first-order valence-corrected chi connectivity index (χ1v) is 7.41. The van der Waals surface area contributed by atoms with Crippen molar-refractivity contribution < 1.29 is 5.11 Å². The Morgan fingerprint density at radius 1 is 1.50 bits per heavy atom. The van der Waals surface area contributed by atoms with Crippen molar-refractivity contribution in [2.45, 2.75) is 0 Å². The molecule has 12 heavy (non-hydrogen) atoms. The fourth-order valence-electron chi connectivity index (χ4n) is 1.09. The van der Waals surface area contributed by atoms with Crippen LogP contribution >= 0.6 is 28.4 Å². The predicted octanol–water partition coefficient (Wildman–Crippen LogP) is 2.53. The van der Waals surface area contributed by atoms with Crippen molar-refractivity contribution in [2.75, 3.05) is 0 Å². The molecule has 2 rings (SSSR count). The van der Waals surface area contributed by atoms with Gasteiger partial charge in [0, 0.05) is 5.39 Å². The van der Waals surface area contributed by atoms with Crippen LogP contribution in [0.5, 0.6) is 5.75 Å². The van der Waals surface area contributed by atoms with Crippen LogP contribution in [0.3, 0.4) is 0 Å². The number of nitrogens with zero attached hydrogens (tertiary/aromatic N) is 2. The second-order valence-corrected chi connectivity index (χ2v) is 4.42. The van der Waals surface area contributed by atoms with Crippen molar-refractivity contribution >= 4 is 39.3 Å². The minimum atomic E-state index is 0.291. The van der Waals surface area contributed by atoms with Crippen LogP contribution in [0.2, 0.25) is 0 Å². The Labute approximate surface area is 84.1 Å². The van der Waals surface area contributed by atoms with Crippen LogP contribution in [-0.4, -0.2) is 14.7 Å². The molecule has 0 spiro atoms. The van der Waals surface area contributed by atoms with E-state index in [0.717, 1.165) is 10.9 Å². The van der Waals surface area contributed by atoms with Gasteiger partial charge in [0.05, 0.1) is 18.1 Å². The molecule has 0 aliphatic rings. The third-order valence-corrected chi connectivity index (χ3v) is 3.52. The number of hydrogen-bond acceptors (Lipinski definition) is 2. The molecule has 0 fully saturated rings. The van der Waals surface area contributed by atoms with Gasteiger partial charge in [0.2, 0.25) is 0 Å². The first-order chi connectivity index (χ1) is 5.81. The average molecular weight is 292 g/mol. The molecule has 62 valence electrons. The fourth-order valence-corrected chi connectivity index (χ4v) is 2.64. The number of phenols is 1. The van der Waals surface area contributed by atoms with Gasteiger partial charge in [-0.15, -0.1) is 0 Å². The zero-order valence-corrected chi connectivity index (χ0v) is 9.19. The molecule has 0 radical (unpaired) electrons. The van der Waals surface area contributed by atoms with Crippen LogP contribution in [0, 0.1) is 0 Å². The van der Waals surface area contributed by atoms with E-state index in [1.54, 1.807) is 18.3 Å². The Bertz CT molecular complexity index is 415. The zero-order chi connectivity index (χ0) is 8.55. The molecule has 1 aromatic heterocycles. The van der Waals surface area contributed by atoms with Gasteiger partial charge in [0.25, 0.3) is 0 Å². The maximum Gasteiger partial charge on any atom is 0.116 e. The number of aromatic nitrogens is 2. The summed E-state index contributed by atoms with van der Waals surface area (Å²) in [5.41, 5.74) is 1.07. The molecule has 1 atom stereocenters. The summed E-state index contributed by atoms with van der Waals surface area (Å²) in [6, 6.07) is 5.27. The summed E-state index contributed by atoms with van der Waals surface area (Å²) in [6.45, 7) is 0. The number of hydrogen-bond donors (Lipinski definition) is 1. The molecule has 3 nitrogen and oxygen atoms in total. The van der Waals surface area contributed by atoms with Crippen molar-refractivity contribution in [2.24, 2.45) is 0 Å². The van der Waals surface area contributed by atoms with E-state index < -0.39 is 0 Å². The second kappa shape index (κ2) is 3.18. The number of aromatic hydroxyl groups is 1. The Morgan fingerprint density at radius 2 is 2.33 bits per heavy atom. The summed E-state index contributed by atoms with van der Waals surface area (Å²) >= 11 is 2.27. The van der Waals surface area contributed by atoms with Gasteiger partial charge in [-0.25, -0.2) is 4.45 Å². The lowest BCUT2D eigenvalue weighted by Crippen LogP contribution is -1.80. The molecule has 0 saturated carbocycles. The highest BCUT2D eigenvalue weighted by Gasteiger charge is 2.00. The average Bonchev–Trinajstić information content (AvgIpc) is 2.46. The van der Waals surface area contributed by atoms with Gasteiger partial charge in [-0.2, -0.15) is 5.10 Å². The van der Waals surface area contributed by atoms with Crippen LogP contribution in [-0.2, 0) is 0 Å². The van der Waals surface area contributed by atoms with Crippen molar-refractivity contribution in [1.82, 2.24) is 9.55 Å². The number of benzene rings is 1. The summed E-state index contributed by atoms with van der Waals surface area (Å²) in [4.78, 5) is 0. The van der Waals surface area contributed by atoms with Gasteiger partial charge < -0.3 is 5.11 Å². The topological polar surface area (TPSA) is 38.1 Å². The van der Waals surface area contributed by atoms with Crippen molar-refractivity contribution in [3.63, 3.8) is 0 Å². The van der Waals surface area contributed by atoms with E-state index in [4.69, 9.17) is 0 Å². The van der Waals surface area contributed by atoms with Crippen molar-refractivity contribution in [1.29, 1.82) is 0 Å². The SMILES string of the molecule is Oc1ccc2c(cnn2PI)c1. The summed E-state index contributed by atoms with van der Waals surface area (Å²) in [6.07, 6.45) is 2.36. The molecule has 1 N–H and O–H groups in total. The Balaban J connectivity index is 2.73. The van der Waals surface area contributed by atoms with Crippen LogP contribution in [0.1, 0.15) is 0 Å². The quantitative estimate of drug-likeness (QED) is 0.648. The number of halogens is 1. The van der Waals surface area contributed by atoms with Crippen molar-refractivity contribution in [3.8, 4) is 5.75 Å². The molecule has 1 aromatic carbocycles. The Kier molecular flexibility index (Phi) is 2.19. The number of fused-ring (bicyclic) bond motifs is 1. The third kappa shape index (κ3) is 1.29. The van der Waals surface area contributed by atoms with Gasteiger partial charge in [0.1, 0.15) is 5.75 Å². The van der Waals surface area contributed by atoms with Crippen LogP contribution in [0.4, 0.5) is 0 Å². The minimum Gasteiger partial charge on any atom is -0.508 e. The van der Waals surface area contributed by atoms with E-state index in [0.29, 0.717) is 12.1 Å². The summed E-state index contributed by atoms with van der Waals surface area (Å²) in [5, 5.41) is 14.3. The van der Waals surface area contributed by atoms with Crippen LogP contribution < -0.4 is 0 Å². The van der Waals surface area contributed by atoms with Gasteiger partial charge in [-0.1, -0.05) is 0 Å². The normalized spacial score (nSPS) is 11.8. The lowest BCUT2D eigenvalue weighted by molar-refractivity contribution is 0.476. The molecular weight excluding hydrogens is 286 g/mol. The third-order valence-electron chi connectivity index (χ3n) is 1.63. The molecule has 0 amide bonds. The van der Waals surface area contributed by atoms with E-state index in [1.165, 1.54) is 0 Å². The molecule has 0 aliphatic carbocycles. The highest BCUT2D eigenvalue weighted by molar-refractivity contribution is 14.2. The Morgan fingerprint density at radius 3 is 3.08 bits per heavy atom. The summed E-state index contributed by atoms with van der Waals surface area (Å²) in [7, 11) is 0. The molecule has 1 unspecified atom stereocenters. The van der Waals surface area contributed by atoms with Gasteiger partial charge in [-0.3, -0.25) is 0 Å². The van der Waals surface area contributed by atoms with Gasteiger partial charge >= 0.3 is 0 Å². The smallest absolute Gasteiger partial charge is 0.116 e. The molecule has 0 bridgehead atoms. The molecule has 0 saturated heterocycles. The minimum absolute atomic E-state index is 0.291. The van der Waals surface area contributed by atoms with E-state index in [9.17, 15) is 5.11 Å². The van der Waals surface area contributed by atoms with Gasteiger partial charge in [-0.05, 0) is 40.2 Å². The molecule has 1 heterocycles. The molecular formula is C7H6IN2OP. The maximum absolute atomic E-state index is 9.18.